The van der Waals surface area contributed by atoms with Crippen LogP contribution in [0.2, 0.25) is 0 Å². The van der Waals surface area contributed by atoms with Gasteiger partial charge in [-0.25, -0.2) is 15.0 Å². The molecule has 0 saturated carbocycles. The summed E-state index contributed by atoms with van der Waals surface area (Å²) in [5.41, 5.74) is 4.18. The predicted octanol–water partition coefficient (Wildman–Crippen LogP) is 9.63. The summed E-state index contributed by atoms with van der Waals surface area (Å²) in [4.78, 5) is 19.8. The summed E-state index contributed by atoms with van der Waals surface area (Å²) in [5, 5.41) is 9.02. The van der Waals surface area contributed by atoms with Crippen LogP contribution in [0.25, 0.3) is 88.4 Å². The van der Waals surface area contributed by atoms with E-state index in [2.05, 4.69) is 77.8 Å². The first-order chi connectivity index (χ1) is 21.3. The highest BCUT2D eigenvalue weighted by atomic mass is 16.3. The number of hydrogen-bond acceptors (Lipinski definition) is 5. The van der Waals surface area contributed by atoms with E-state index in [4.69, 9.17) is 19.4 Å². The summed E-state index contributed by atoms with van der Waals surface area (Å²) in [5.74, 6) is 1.77. The van der Waals surface area contributed by atoms with Crippen LogP contribution in [0.1, 0.15) is 0 Å². The Balaban J connectivity index is 1.38. The smallest absolute Gasteiger partial charge is 0.166 e. The second-order valence-electron chi connectivity index (χ2n) is 10.7. The van der Waals surface area contributed by atoms with Crippen molar-refractivity contribution in [2.24, 2.45) is 0 Å². The number of aromatic nitrogens is 4. The SMILES string of the molecule is c1ccc(-c2nc(-c3cc4ccc5ccccc5c4c4ccccc34)nc(-c3cncc4oc5ccccc5c34)n2)cc1. The van der Waals surface area contributed by atoms with Gasteiger partial charge in [0.15, 0.2) is 23.1 Å². The summed E-state index contributed by atoms with van der Waals surface area (Å²) in [6.07, 6.45) is 3.57. The summed E-state index contributed by atoms with van der Waals surface area (Å²) < 4.78 is 6.15. The average Bonchev–Trinajstić information content (AvgIpc) is 3.47. The number of benzene rings is 6. The summed E-state index contributed by atoms with van der Waals surface area (Å²) in [6, 6.07) is 41.7. The van der Waals surface area contributed by atoms with Crippen molar-refractivity contribution in [2.75, 3.05) is 0 Å². The molecule has 0 bridgehead atoms. The lowest BCUT2D eigenvalue weighted by Crippen LogP contribution is -2.01. The van der Waals surface area contributed by atoms with E-state index in [1.165, 1.54) is 21.5 Å². The largest absolute Gasteiger partial charge is 0.454 e. The Bertz CT molecular complexity index is 2520. The molecule has 43 heavy (non-hydrogen) atoms. The van der Waals surface area contributed by atoms with Gasteiger partial charge in [-0.1, -0.05) is 109 Å². The lowest BCUT2D eigenvalue weighted by molar-refractivity contribution is 0.667. The average molecular weight is 551 g/mol. The molecule has 0 fully saturated rings. The second kappa shape index (κ2) is 9.29. The molecule has 0 aliphatic carbocycles. The molecule has 0 spiro atoms. The topological polar surface area (TPSA) is 64.7 Å². The third-order valence-corrected chi connectivity index (χ3v) is 8.18. The van der Waals surface area contributed by atoms with Crippen molar-refractivity contribution in [3.63, 3.8) is 0 Å². The van der Waals surface area contributed by atoms with Gasteiger partial charge in [0.05, 0.1) is 6.20 Å². The Morgan fingerprint density at radius 2 is 1.07 bits per heavy atom. The molecule has 3 aromatic heterocycles. The van der Waals surface area contributed by atoms with Crippen LogP contribution < -0.4 is 0 Å². The van der Waals surface area contributed by atoms with Crippen LogP contribution in [-0.4, -0.2) is 19.9 Å². The molecule has 5 nitrogen and oxygen atoms in total. The Morgan fingerprint density at radius 1 is 0.419 bits per heavy atom. The molecule has 5 heteroatoms. The molecule has 3 heterocycles. The molecule has 0 aliphatic rings. The van der Waals surface area contributed by atoms with Crippen molar-refractivity contribution >= 4 is 54.3 Å². The van der Waals surface area contributed by atoms with E-state index < -0.39 is 0 Å². The van der Waals surface area contributed by atoms with Crippen LogP contribution in [0.5, 0.6) is 0 Å². The third kappa shape index (κ3) is 3.72. The Labute approximate surface area is 246 Å². The fourth-order valence-electron chi connectivity index (χ4n) is 6.24. The maximum Gasteiger partial charge on any atom is 0.166 e. The maximum absolute atomic E-state index is 6.15. The monoisotopic (exact) mass is 550 g/mol. The zero-order chi connectivity index (χ0) is 28.3. The van der Waals surface area contributed by atoms with Crippen LogP contribution in [0.4, 0.5) is 0 Å². The zero-order valence-corrected chi connectivity index (χ0v) is 22.9. The van der Waals surface area contributed by atoms with Crippen LogP contribution in [-0.2, 0) is 0 Å². The minimum Gasteiger partial charge on any atom is -0.454 e. The highest BCUT2D eigenvalue weighted by Crippen LogP contribution is 2.39. The molecule has 0 N–H and O–H groups in total. The van der Waals surface area contributed by atoms with Crippen LogP contribution >= 0.6 is 0 Å². The highest BCUT2D eigenvalue weighted by molar-refractivity contribution is 6.23. The minimum atomic E-state index is 0.552. The highest BCUT2D eigenvalue weighted by Gasteiger charge is 2.20. The van der Waals surface area contributed by atoms with E-state index in [9.17, 15) is 0 Å². The number of hydrogen-bond donors (Lipinski definition) is 0. The minimum absolute atomic E-state index is 0.552. The fraction of sp³-hybridized carbons (Fsp3) is 0. The number of para-hydroxylation sites is 1. The lowest BCUT2D eigenvalue weighted by atomic mass is 9.93. The van der Waals surface area contributed by atoms with Gasteiger partial charge in [-0.05, 0) is 44.5 Å². The van der Waals surface area contributed by atoms with Gasteiger partial charge in [-0.15, -0.1) is 0 Å². The van der Waals surface area contributed by atoms with Crippen molar-refractivity contribution in [3.8, 4) is 34.2 Å². The van der Waals surface area contributed by atoms with Crippen molar-refractivity contribution in [3.05, 3.63) is 134 Å². The van der Waals surface area contributed by atoms with E-state index in [1.54, 1.807) is 6.20 Å². The molecule has 0 radical (unpaired) electrons. The van der Waals surface area contributed by atoms with Gasteiger partial charge < -0.3 is 4.42 Å². The van der Waals surface area contributed by atoms with E-state index in [-0.39, 0.29) is 0 Å². The normalized spacial score (nSPS) is 11.7. The Hall–Kier alpha value is -5.94. The Kier molecular flexibility index (Phi) is 5.13. The Morgan fingerprint density at radius 3 is 1.93 bits per heavy atom. The first-order valence-electron chi connectivity index (χ1n) is 14.2. The number of rotatable bonds is 3. The molecule has 6 aromatic carbocycles. The summed E-state index contributed by atoms with van der Waals surface area (Å²) in [7, 11) is 0. The lowest BCUT2D eigenvalue weighted by Gasteiger charge is -2.14. The quantitative estimate of drug-likeness (QED) is 0.205. The fourth-order valence-corrected chi connectivity index (χ4v) is 6.24. The molecular formula is C38H22N4O. The van der Waals surface area contributed by atoms with E-state index in [0.29, 0.717) is 23.1 Å². The van der Waals surface area contributed by atoms with Gasteiger partial charge in [-0.3, -0.25) is 4.98 Å². The van der Waals surface area contributed by atoms with Gasteiger partial charge in [0.25, 0.3) is 0 Å². The van der Waals surface area contributed by atoms with E-state index in [0.717, 1.165) is 43.8 Å². The van der Waals surface area contributed by atoms with Crippen molar-refractivity contribution < 1.29 is 4.42 Å². The van der Waals surface area contributed by atoms with Crippen molar-refractivity contribution in [2.45, 2.75) is 0 Å². The number of fused-ring (bicyclic) bond motifs is 8. The van der Waals surface area contributed by atoms with Crippen LogP contribution in [0.15, 0.2) is 138 Å². The first-order valence-corrected chi connectivity index (χ1v) is 14.2. The molecule has 9 rings (SSSR count). The molecule has 0 aliphatic heterocycles. The number of furan rings is 1. The first kappa shape index (κ1) is 23.7. The van der Waals surface area contributed by atoms with E-state index >= 15 is 0 Å². The van der Waals surface area contributed by atoms with Crippen LogP contribution in [0.3, 0.4) is 0 Å². The van der Waals surface area contributed by atoms with E-state index in [1.807, 2.05) is 54.7 Å². The van der Waals surface area contributed by atoms with Crippen LogP contribution in [0, 0.1) is 0 Å². The number of nitrogens with zero attached hydrogens (tertiary/aromatic N) is 4. The maximum atomic E-state index is 6.15. The molecule has 200 valence electrons. The molecule has 0 saturated heterocycles. The van der Waals surface area contributed by atoms with Gasteiger partial charge in [-0.2, -0.15) is 0 Å². The third-order valence-electron chi connectivity index (χ3n) is 8.18. The van der Waals surface area contributed by atoms with Gasteiger partial charge in [0, 0.05) is 33.7 Å². The standard InChI is InChI=1S/C38H22N4O/c1-2-11-24(12-3-1)36-40-37(42-38(41-36)31-21-39-22-33-35(31)29-16-8-9-17-32(29)43-33)30-20-25-19-18-23-10-4-5-13-26(23)34(25)28-15-7-6-14-27(28)30/h1-22H. The molecule has 0 atom stereocenters. The molecular weight excluding hydrogens is 528 g/mol. The van der Waals surface area contributed by atoms with Crippen molar-refractivity contribution in [1.82, 2.24) is 19.9 Å². The van der Waals surface area contributed by atoms with Gasteiger partial charge in [0.1, 0.15) is 5.58 Å². The second-order valence-corrected chi connectivity index (χ2v) is 10.7. The summed E-state index contributed by atoms with van der Waals surface area (Å²) >= 11 is 0. The zero-order valence-electron chi connectivity index (χ0n) is 22.9. The summed E-state index contributed by atoms with van der Waals surface area (Å²) in [6.45, 7) is 0. The number of pyridine rings is 1. The molecule has 0 amide bonds. The van der Waals surface area contributed by atoms with Gasteiger partial charge in [0.2, 0.25) is 0 Å². The van der Waals surface area contributed by atoms with Crippen molar-refractivity contribution in [1.29, 1.82) is 0 Å². The predicted molar refractivity (Wildman–Crippen MR) is 174 cm³/mol. The molecule has 9 aromatic rings. The van der Waals surface area contributed by atoms with Gasteiger partial charge >= 0.3 is 0 Å². The molecule has 0 unspecified atom stereocenters.